The molecule has 0 fully saturated rings. The number of nitrogens with one attached hydrogen (secondary N) is 4. The van der Waals surface area contributed by atoms with E-state index in [0.29, 0.717) is 67.8 Å². The maximum atomic E-state index is 12.3. The van der Waals surface area contributed by atoms with Crippen molar-refractivity contribution < 1.29 is 18.4 Å². The van der Waals surface area contributed by atoms with Crippen molar-refractivity contribution in [2.45, 2.75) is 13.8 Å². The van der Waals surface area contributed by atoms with E-state index in [-0.39, 0.29) is 12.1 Å². The lowest BCUT2D eigenvalue weighted by Gasteiger charge is -2.09. The van der Waals surface area contributed by atoms with Gasteiger partial charge in [0.05, 0.1) is 22.4 Å². The first-order valence-electron chi connectivity index (χ1n) is 14.7. The molecule has 0 saturated heterocycles. The Morgan fingerprint density at radius 1 is 0.521 bits per heavy atom. The number of nitrogens with zero attached hydrogens (tertiary/aromatic N) is 6. The number of urea groups is 2. The maximum absolute atomic E-state index is 12.3. The number of amides is 4. The average Bonchev–Trinajstić information content (AvgIpc) is 3.65. The number of pyridine rings is 4. The summed E-state index contributed by atoms with van der Waals surface area (Å²) in [6, 6.07) is 20.5. The lowest BCUT2D eigenvalue weighted by atomic mass is 10.3. The third kappa shape index (κ3) is 6.53. The molecule has 2 aromatic carbocycles. The van der Waals surface area contributed by atoms with Crippen molar-refractivity contribution in [3.8, 4) is 0 Å². The van der Waals surface area contributed by atoms with Crippen LogP contribution in [0.2, 0.25) is 0 Å². The predicted octanol–water partition coefficient (Wildman–Crippen LogP) is 7.45. The molecule has 14 nitrogen and oxygen atoms in total. The monoisotopic (exact) mass is 638 g/mol. The van der Waals surface area contributed by atoms with E-state index < -0.39 is 0 Å². The number of carbonyl (C=O) groups is 2. The van der Waals surface area contributed by atoms with Crippen molar-refractivity contribution in [3.63, 3.8) is 0 Å². The van der Waals surface area contributed by atoms with Crippen LogP contribution in [0.1, 0.15) is 11.8 Å². The topological polar surface area (TPSA) is 186 Å². The third-order valence-corrected chi connectivity index (χ3v) is 7.00. The minimum atomic E-state index is -0.372. The highest BCUT2D eigenvalue weighted by atomic mass is 16.4. The lowest BCUT2D eigenvalue weighted by Crippen LogP contribution is -2.19. The number of oxazole rings is 2. The van der Waals surface area contributed by atoms with Crippen LogP contribution in [-0.2, 0) is 0 Å². The van der Waals surface area contributed by atoms with Crippen molar-refractivity contribution in [2.24, 2.45) is 0 Å². The second kappa shape index (κ2) is 12.8. The average molecular weight is 639 g/mol. The van der Waals surface area contributed by atoms with Crippen LogP contribution in [0.25, 0.3) is 44.3 Å². The molecule has 14 heteroatoms. The fraction of sp³-hybridized carbons (Fsp3) is 0.0588. The number of aromatic nitrogens is 6. The molecule has 236 valence electrons. The first-order valence-corrected chi connectivity index (χ1v) is 14.7. The van der Waals surface area contributed by atoms with E-state index in [9.17, 15) is 9.59 Å². The van der Waals surface area contributed by atoms with E-state index in [2.05, 4.69) is 51.2 Å². The first kappa shape index (κ1) is 29.7. The molecule has 4 N–H and O–H groups in total. The van der Waals surface area contributed by atoms with E-state index in [1.54, 1.807) is 99.3 Å². The van der Waals surface area contributed by atoms with Gasteiger partial charge < -0.3 is 30.1 Å². The summed E-state index contributed by atoms with van der Waals surface area (Å²) in [5, 5.41) is 11.1. The summed E-state index contributed by atoms with van der Waals surface area (Å²) in [6.07, 6.45) is 6.58. The SMILES string of the molecule is Cc1nc2ccc(NC(=O)Nc3ccnc4cccnc34)cc2o1.Cc1nc2ccc(NC(=O)Nc3ccnc4cccnc34)cc2o1. The number of hydrogen-bond acceptors (Lipinski definition) is 10. The van der Waals surface area contributed by atoms with Gasteiger partial charge >= 0.3 is 12.1 Å². The summed E-state index contributed by atoms with van der Waals surface area (Å²) in [5.41, 5.74) is 7.87. The Labute approximate surface area is 271 Å². The van der Waals surface area contributed by atoms with Crippen molar-refractivity contribution in [3.05, 3.63) is 109 Å². The highest BCUT2D eigenvalue weighted by molar-refractivity contribution is 6.05. The van der Waals surface area contributed by atoms with Crippen molar-refractivity contribution in [1.29, 1.82) is 0 Å². The quantitative estimate of drug-likeness (QED) is 0.151. The number of carbonyl (C=O) groups excluding carboxylic acids is 2. The number of benzene rings is 2. The Bertz CT molecular complexity index is 2280. The van der Waals surface area contributed by atoms with E-state index in [0.717, 1.165) is 11.0 Å². The van der Waals surface area contributed by atoms with Crippen LogP contribution >= 0.6 is 0 Å². The van der Waals surface area contributed by atoms with Crippen LogP contribution in [0.4, 0.5) is 32.3 Å². The maximum Gasteiger partial charge on any atom is 0.323 e. The molecule has 0 spiro atoms. The van der Waals surface area contributed by atoms with E-state index in [1.807, 2.05) is 12.1 Å². The highest BCUT2D eigenvalue weighted by Crippen LogP contribution is 2.23. The van der Waals surface area contributed by atoms with E-state index >= 15 is 0 Å². The molecule has 0 bridgehead atoms. The first-order chi connectivity index (χ1) is 23.4. The molecule has 0 unspecified atom stereocenters. The van der Waals surface area contributed by atoms with Crippen LogP contribution in [0.15, 0.2) is 106 Å². The van der Waals surface area contributed by atoms with Crippen LogP contribution in [0, 0.1) is 13.8 Å². The van der Waals surface area contributed by atoms with Gasteiger partial charge in [-0.1, -0.05) is 0 Å². The molecule has 4 amide bonds. The van der Waals surface area contributed by atoms with Crippen LogP contribution in [0.3, 0.4) is 0 Å². The fourth-order valence-corrected chi connectivity index (χ4v) is 4.97. The summed E-state index contributed by atoms with van der Waals surface area (Å²) in [4.78, 5) is 49.9. The second-order valence-electron chi connectivity index (χ2n) is 10.4. The lowest BCUT2D eigenvalue weighted by molar-refractivity contribution is 0.261. The van der Waals surface area contributed by atoms with Gasteiger partial charge in [-0.25, -0.2) is 19.6 Å². The predicted molar refractivity (Wildman–Crippen MR) is 182 cm³/mol. The third-order valence-electron chi connectivity index (χ3n) is 7.00. The number of aryl methyl sites for hydroxylation is 2. The number of rotatable bonds is 4. The number of anilines is 4. The molecule has 0 aliphatic heterocycles. The number of hydrogen-bond donors (Lipinski definition) is 4. The largest absolute Gasteiger partial charge is 0.441 e. The van der Waals surface area contributed by atoms with Gasteiger partial charge in [-0.05, 0) is 60.7 Å². The minimum absolute atomic E-state index is 0.372. The molecule has 0 saturated carbocycles. The minimum Gasteiger partial charge on any atom is -0.441 e. The molecular formula is C34H26N10O4. The zero-order valence-corrected chi connectivity index (χ0v) is 25.6. The highest BCUT2D eigenvalue weighted by Gasteiger charge is 2.11. The summed E-state index contributed by atoms with van der Waals surface area (Å²) < 4.78 is 10.9. The molecule has 0 aliphatic carbocycles. The second-order valence-corrected chi connectivity index (χ2v) is 10.4. The Kier molecular flexibility index (Phi) is 7.93. The molecule has 48 heavy (non-hydrogen) atoms. The number of fused-ring (bicyclic) bond motifs is 4. The summed E-state index contributed by atoms with van der Waals surface area (Å²) in [6.45, 7) is 3.56. The zero-order chi connectivity index (χ0) is 33.0. The molecule has 8 aromatic rings. The fourth-order valence-electron chi connectivity index (χ4n) is 4.97. The van der Waals surface area contributed by atoms with E-state index in [1.165, 1.54) is 0 Å². The molecule has 6 heterocycles. The van der Waals surface area contributed by atoms with Gasteiger partial charge in [-0.15, -0.1) is 0 Å². The van der Waals surface area contributed by atoms with Gasteiger partial charge in [-0.2, -0.15) is 0 Å². The zero-order valence-electron chi connectivity index (χ0n) is 25.6. The van der Waals surface area contributed by atoms with Gasteiger partial charge in [0, 0.05) is 62.1 Å². The van der Waals surface area contributed by atoms with Crippen LogP contribution in [0.5, 0.6) is 0 Å². The van der Waals surface area contributed by atoms with Gasteiger partial charge in [0.15, 0.2) is 22.9 Å². The van der Waals surface area contributed by atoms with Gasteiger partial charge in [0.25, 0.3) is 0 Å². The molecule has 0 atom stereocenters. The summed E-state index contributed by atoms with van der Waals surface area (Å²) in [7, 11) is 0. The van der Waals surface area contributed by atoms with Gasteiger partial charge in [-0.3, -0.25) is 19.9 Å². The Morgan fingerprint density at radius 3 is 1.44 bits per heavy atom. The summed E-state index contributed by atoms with van der Waals surface area (Å²) in [5.74, 6) is 1.17. The van der Waals surface area contributed by atoms with Crippen molar-refractivity contribution in [2.75, 3.05) is 21.3 Å². The Morgan fingerprint density at radius 2 is 0.979 bits per heavy atom. The molecule has 8 rings (SSSR count). The molecule has 0 aliphatic rings. The summed E-state index contributed by atoms with van der Waals surface area (Å²) >= 11 is 0. The van der Waals surface area contributed by atoms with Crippen LogP contribution < -0.4 is 21.3 Å². The van der Waals surface area contributed by atoms with E-state index in [4.69, 9.17) is 8.83 Å². The van der Waals surface area contributed by atoms with Gasteiger partial charge in [0.2, 0.25) is 0 Å². The molecular weight excluding hydrogens is 612 g/mol. The molecule has 0 radical (unpaired) electrons. The molecule has 6 aromatic heterocycles. The Balaban J connectivity index is 0.000000152. The normalized spacial score (nSPS) is 10.9. The van der Waals surface area contributed by atoms with Crippen LogP contribution in [-0.4, -0.2) is 42.0 Å². The standard InChI is InChI=1S/2C17H13N5O2/c2*1-10-20-12-5-4-11(9-15(12)24-10)21-17(23)22-14-6-8-18-13-3-2-7-19-16(13)14/h2*2-9H,1H3,(H2,18,21,22,23). The smallest absolute Gasteiger partial charge is 0.323 e. The Hall–Kier alpha value is -6.96. The van der Waals surface area contributed by atoms with Crippen molar-refractivity contribution >= 4 is 79.1 Å². The van der Waals surface area contributed by atoms with Crippen molar-refractivity contribution in [1.82, 2.24) is 29.9 Å². The van der Waals surface area contributed by atoms with Gasteiger partial charge in [0.1, 0.15) is 22.1 Å².